The maximum atomic E-state index is 11.3. The van der Waals surface area contributed by atoms with Crippen LogP contribution in [0.2, 0.25) is 5.02 Å². The number of carbonyl (C=O) groups excluding carboxylic acids is 1. The summed E-state index contributed by atoms with van der Waals surface area (Å²) >= 11 is 5.87. The number of anilines is 1. The van der Waals surface area contributed by atoms with Crippen LogP contribution in [0.15, 0.2) is 18.2 Å². The second-order valence-electron chi connectivity index (χ2n) is 3.29. The molecule has 0 aliphatic rings. The predicted octanol–water partition coefficient (Wildman–Crippen LogP) is 1.93. The standard InChI is InChI=1S/C10H13ClN2O2/c1-13(2)10(15)12-8-4-3-7(6-14)9(11)5-8/h3-5,14H,6H2,1-2H3,(H,12,15). The summed E-state index contributed by atoms with van der Waals surface area (Å²) in [5, 5.41) is 12.0. The van der Waals surface area contributed by atoms with E-state index >= 15 is 0 Å². The molecule has 1 aromatic rings. The Hall–Kier alpha value is -1.26. The highest BCUT2D eigenvalue weighted by Crippen LogP contribution is 2.20. The Morgan fingerprint density at radius 2 is 2.20 bits per heavy atom. The predicted molar refractivity (Wildman–Crippen MR) is 60.1 cm³/mol. The van der Waals surface area contributed by atoms with E-state index in [4.69, 9.17) is 16.7 Å². The molecule has 0 atom stereocenters. The highest BCUT2D eigenvalue weighted by atomic mass is 35.5. The van der Waals surface area contributed by atoms with E-state index in [2.05, 4.69) is 5.32 Å². The molecule has 15 heavy (non-hydrogen) atoms. The number of benzene rings is 1. The number of amides is 2. The molecule has 0 radical (unpaired) electrons. The normalized spacial score (nSPS) is 9.87. The zero-order valence-corrected chi connectivity index (χ0v) is 9.38. The van der Waals surface area contributed by atoms with Crippen molar-refractivity contribution in [2.75, 3.05) is 19.4 Å². The number of rotatable bonds is 2. The number of hydrogen-bond donors (Lipinski definition) is 2. The second kappa shape index (κ2) is 5.00. The summed E-state index contributed by atoms with van der Waals surface area (Å²) in [6, 6.07) is 4.75. The Kier molecular flexibility index (Phi) is 3.94. The summed E-state index contributed by atoms with van der Waals surface area (Å²) in [6.45, 7) is -0.110. The van der Waals surface area contributed by atoms with E-state index in [9.17, 15) is 4.79 Å². The van der Waals surface area contributed by atoms with Gasteiger partial charge in [-0.3, -0.25) is 0 Å². The van der Waals surface area contributed by atoms with Gasteiger partial charge in [-0.15, -0.1) is 0 Å². The average Bonchev–Trinajstić information content (AvgIpc) is 2.18. The van der Waals surface area contributed by atoms with Gasteiger partial charge in [0.25, 0.3) is 0 Å². The molecule has 0 heterocycles. The number of aliphatic hydroxyl groups is 1. The smallest absolute Gasteiger partial charge is 0.321 e. The van der Waals surface area contributed by atoms with Crippen LogP contribution in [0.4, 0.5) is 10.5 Å². The Morgan fingerprint density at radius 1 is 1.53 bits per heavy atom. The van der Waals surface area contributed by atoms with Crippen molar-refractivity contribution in [3.8, 4) is 0 Å². The molecule has 1 rings (SSSR count). The van der Waals surface area contributed by atoms with Gasteiger partial charge in [0, 0.05) is 24.8 Å². The van der Waals surface area contributed by atoms with E-state index < -0.39 is 0 Å². The summed E-state index contributed by atoms with van der Waals surface area (Å²) in [5.41, 5.74) is 1.25. The summed E-state index contributed by atoms with van der Waals surface area (Å²) in [5.74, 6) is 0. The van der Waals surface area contributed by atoms with E-state index in [0.29, 0.717) is 16.3 Å². The van der Waals surface area contributed by atoms with Crippen LogP contribution in [0.1, 0.15) is 5.56 Å². The third kappa shape index (κ3) is 3.11. The largest absolute Gasteiger partial charge is 0.392 e. The van der Waals surface area contributed by atoms with Gasteiger partial charge in [0.05, 0.1) is 6.61 Å². The van der Waals surface area contributed by atoms with Gasteiger partial charge in [-0.2, -0.15) is 0 Å². The number of aliphatic hydroxyl groups excluding tert-OH is 1. The molecule has 2 N–H and O–H groups in total. The van der Waals surface area contributed by atoms with Crippen LogP contribution in [0.5, 0.6) is 0 Å². The summed E-state index contributed by atoms with van der Waals surface area (Å²) in [4.78, 5) is 12.7. The molecule has 0 aliphatic heterocycles. The molecule has 5 heteroatoms. The molecule has 0 saturated heterocycles. The first-order valence-electron chi connectivity index (χ1n) is 4.42. The van der Waals surface area contributed by atoms with E-state index in [-0.39, 0.29) is 12.6 Å². The van der Waals surface area contributed by atoms with Crippen LogP contribution in [-0.4, -0.2) is 30.1 Å². The highest BCUT2D eigenvalue weighted by Gasteiger charge is 2.05. The molecule has 0 saturated carbocycles. The third-order valence-electron chi connectivity index (χ3n) is 1.88. The fourth-order valence-electron chi connectivity index (χ4n) is 0.989. The van der Waals surface area contributed by atoms with Crippen molar-refractivity contribution in [3.63, 3.8) is 0 Å². The summed E-state index contributed by atoms with van der Waals surface area (Å²) in [6.07, 6.45) is 0. The SMILES string of the molecule is CN(C)C(=O)Nc1ccc(CO)c(Cl)c1. The number of halogens is 1. The van der Waals surface area contributed by atoms with Gasteiger partial charge in [0.2, 0.25) is 0 Å². The molecule has 4 nitrogen and oxygen atoms in total. The molecule has 0 fully saturated rings. The fourth-order valence-corrected chi connectivity index (χ4v) is 1.23. The molecule has 0 spiro atoms. The highest BCUT2D eigenvalue weighted by molar-refractivity contribution is 6.31. The lowest BCUT2D eigenvalue weighted by atomic mass is 10.2. The Morgan fingerprint density at radius 3 is 2.67 bits per heavy atom. The van der Waals surface area contributed by atoms with E-state index in [1.165, 1.54) is 4.90 Å². The molecule has 2 amide bonds. The van der Waals surface area contributed by atoms with Gasteiger partial charge in [-0.1, -0.05) is 17.7 Å². The Bertz CT molecular complexity index is 366. The monoisotopic (exact) mass is 228 g/mol. The lowest BCUT2D eigenvalue weighted by Crippen LogP contribution is -2.27. The zero-order valence-electron chi connectivity index (χ0n) is 8.62. The average molecular weight is 229 g/mol. The quantitative estimate of drug-likeness (QED) is 0.813. The molecular weight excluding hydrogens is 216 g/mol. The number of carbonyl (C=O) groups is 1. The van der Waals surface area contributed by atoms with E-state index in [1.54, 1.807) is 32.3 Å². The minimum absolute atomic E-state index is 0.110. The molecule has 0 aliphatic carbocycles. The molecule has 0 bridgehead atoms. The summed E-state index contributed by atoms with van der Waals surface area (Å²) < 4.78 is 0. The molecule has 82 valence electrons. The lowest BCUT2D eigenvalue weighted by molar-refractivity contribution is 0.230. The van der Waals surface area contributed by atoms with Gasteiger partial charge in [-0.05, 0) is 17.7 Å². The maximum absolute atomic E-state index is 11.3. The van der Waals surface area contributed by atoms with Gasteiger partial charge in [0.1, 0.15) is 0 Å². The Balaban J connectivity index is 2.80. The second-order valence-corrected chi connectivity index (χ2v) is 3.70. The van der Waals surface area contributed by atoms with Crippen LogP contribution < -0.4 is 5.32 Å². The van der Waals surface area contributed by atoms with Crippen LogP contribution in [0.3, 0.4) is 0 Å². The Labute approximate surface area is 93.5 Å². The zero-order chi connectivity index (χ0) is 11.4. The van der Waals surface area contributed by atoms with Crippen LogP contribution >= 0.6 is 11.6 Å². The van der Waals surface area contributed by atoms with Crippen molar-refractivity contribution in [1.29, 1.82) is 0 Å². The third-order valence-corrected chi connectivity index (χ3v) is 2.23. The van der Waals surface area contributed by atoms with Crippen molar-refractivity contribution in [3.05, 3.63) is 28.8 Å². The van der Waals surface area contributed by atoms with Crippen LogP contribution in [-0.2, 0) is 6.61 Å². The van der Waals surface area contributed by atoms with Gasteiger partial charge in [-0.25, -0.2) is 4.79 Å². The van der Waals surface area contributed by atoms with Gasteiger partial charge >= 0.3 is 6.03 Å². The minimum atomic E-state index is -0.220. The number of nitrogens with one attached hydrogen (secondary N) is 1. The molecule has 0 unspecified atom stereocenters. The topological polar surface area (TPSA) is 52.6 Å². The van der Waals surface area contributed by atoms with E-state index in [1.807, 2.05) is 0 Å². The number of hydrogen-bond acceptors (Lipinski definition) is 2. The van der Waals surface area contributed by atoms with Crippen molar-refractivity contribution >= 4 is 23.3 Å². The summed E-state index contributed by atoms with van der Waals surface area (Å²) in [7, 11) is 3.30. The molecule has 1 aromatic carbocycles. The molecular formula is C10H13ClN2O2. The van der Waals surface area contributed by atoms with Crippen LogP contribution in [0.25, 0.3) is 0 Å². The first-order valence-corrected chi connectivity index (χ1v) is 4.80. The van der Waals surface area contributed by atoms with Crippen molar-refractivity contribution < 1.29 is 9.90 Å². The lowest BCUT2D eigenvalue weighted by Gasteiger charge is -2.12. The number of nitrogens with zero attached hydrogens (tertiary/aromatic N) is 1. The van der Waals surface area contributed by atoms with Crippen molar-refractivity contribution in [2.45, 2.75) is 6.61 Å². The van der Waals surface area contributed by atoms with Gasteiger partial charge in [0.15, 0.2) is 0 Å². The first kappa shape index (κ1) is 11.8. The first-order chi connectivity index (χ1) is 7.04. The van der Waals surface area contributed by atoms with Crippen LogP contribution in [0, 0.1) is 0 Å². The maximum Gasteiger partial charge on any atom is 0.321 e. The molecule has 0 aromatic heterocycles. The van der Waals surface area contributed by atoms with Crippen molar-refractivity contribution in [2.24, 2.45) is 0 Å². The number of urea groups is 1. The van der Waals surface area contributed by atoms with Crippen molar-refractivity contribution in [1.82, 2.24) is 4.90 Å². The fraction of sp³-hybridized carbons (Fsp3) is 0.300. The van der Waals surface area contributed by atoms with E-state index in [0.717, 1.165) is 0 Å². The minimum Gasteiger partial charge on any atom is -0.392 e. The van der Waals surface area contributed by atoms with Gasteiger partial charge < -0.3 is 15.3 Å².